The van der Waals surface area contributed by atoms with Crippen LogP contribution in [0.25, 0.3) is 17.2 Å². The van der Waals surface area contributed by atoms with Crippen LogP contribution in [-0.2, 0) is 6.42 Å². The minimum atomic E-state index is 0.164. The fourth-order valence-corrected chi connectivity index (χ4v) is 3.84. The van der Waals surface area contributed by atoms with E-state index in [2.05, 4.69) is 29.2 Å². The maximum atomic E-state index is 12.7. The summed E-state index contributed by atoms with van der Waals surface area (Å²) in [6, 6.07) is 7.88. The van der Waals surface area contributed by atoms with Gasteiger partial charge in [0.15, 0.2) is 11.6 Å². The van der Waals surface area contributed by atoms with Crippen molar-refractivity contribution in [2.45, 2.75) is 32.7 Å². The number of rotatable bonds is 5. The molecule has 0 amide bonds. The Morgan fingerprint density at radius 3 is 2.93 bits per heavy atom. The molecule has 2 aromatic heterocycles. The van der Waals surface area contributed by atoms with Crippen LogP contribution in [0.1, 0.15) is 42.4 Å². The second-order valence-electron chi connectivity index (χ2n) is 7.99. The minimum Gasteiger partial charge on any atom is -0.491 e. The molecular formula is C21H24N6O2. The van der Waals surface area contributed by atoms with Gasteiger partial charge in [0.2, 0.25) is 0 Å². The van der Waals surface area contributed by atoms with Gasteiger partial charge >= 0.3 is 0 Å². The molecule has 29 heavy (non-hydrogen) atoms. The SMILES string of the molecule is CC(C)n1ncnc1-c1cc2n(n1)-c1cc(C(=O)CC3CNC3)ccc1OCC2. The number of nitrogens with zero attached hydrogens (tertiary/aromatic N) is 5. The molecule has 150 valence electrons. The highest BCUT2D eigenvalue weighted by atomic mass is 16.5. The quantitative estimate of drug-likeness (QED) is 0.671. The Morgan fingerprint density at radius 2 is 2.17 bits per heavy atom. The highest BCUT2D eigenvalue weighted by Gasteiger charge is 2.24. The van der Waals surface area contributed by atoms with Crippen LogP contribution in [0.4, 0.5) is 0 Å². The van der Waals surface area contributed by atoms with Crippen molar-refractivity contribution in [3.05, 3.63) is 41.9 Å². The van der Waals surface area contributed by atoms with E-state index in [9.17, 15) is 4.79 Å². The molecule has 4 heterocycles. The molecule has 3 aromatic rings. The number of carbonyl (C=O) groups is 1. The van der Waals surface area contributed by atoms with Gasteiger partial charge in [0.05, 0.1) is 6.61 Å². The summed E-state index contributed by atoms with van der Waals surface area (Å²) in [5.74, 6) is 2.09. The second-order valence-corrected chi connectivity index (χ2v) is 7.99. The fraction of sp³-hybridized carbons (Fsp3) is 0.429. The summed E-state index contributed by atoms with van der Waals surface area (Å²) in [6.45, 7) is 6.54. The molecule has 1 aromatic carbocycles. The lowest BCUT2D eigenvalue weighted by atomic mass is 9.93. The largest absolute Gasteiger partial charge is 0.491 e. The van der Waals surface area contributed by atoms with Crippen molar-refractivity contribution < 1.29 is 9.53 Å². The number of ketones is 1. The summed E-state index contributed by atoms with van der Waals surface area (Å²) in [7, 11) is 0. The molecule has 0 spiro atoms. The van der Waals surface area contributed by atoms with Crippen molar-refractivity contribution in [2.24, 2.45) is 5.92 Å². The van der Waals surface area contributed by atoms with Crippen molar-refractivity contribution >= 4 is 5.78 Å². The first-order valence-corrected chi connectivity index (χ1v) is 10.1. The zero-order valence-electron chi connectivity index (χ0n) is 16.6. The zero-order chi connectivity index (χ0) is 20.0. The number of carbonyl (C=O) groups excluding carboxylic acids is 1. The first-order chi connectivity index (χ1) is 14.1. The fourth-order valence-electron chi connectivity index (χ4n) is 3.84. The van der Waals surface area contributed by atoms with Gasteiger partial charge < -0.3 is 10.1 Å². The van der Waals surface area contributed by atoms with E-state index in [4.69, 9.17) is 9.84 Å². The lowest BCUT2D eigenvalue weighted by molar-refractivity contribution is 0.0945. The molecule has 2 aliphatic heterocycles. The van der Waals surface area contributed by atoms with Crippen molar-refractivity contribution in [2.75, 3.05) is 19.7 Å². The number of benzene rings is 1. The topological polar surface area (TPSA) is 86.9 Å². The van der Waals surface area contributed by atoms with E-state index in [1.54, 1.807) is 6.33 Å². The molecule has 5 rings (SSSR count). The average Bonchev–Trinajstić information content (AvgIpc) is 3.28. The predicted molar refractivity (Wildman–Crippen MR) is 107 cm³/mol. The molecule has 8 nitrogen and oxygen atoms in total. The van der Waals surface area contributed by atoms with Gasteiger partial charge in [-0.1, -0.05) is 0 Å². The molecule has 2 aliphatic rings. The summed E-state index contributed by atoms with van der Waals surface area (Å²) in [5, 5.41) is 12.4. The standard InChI is InChI=1S/C21H24N6O2/c1-13(2)26-21(23-12-24-26)17-9-16-5-6-29-20-4-3-15(8-18(20)27(16)25-17)19(28)7-14-10-22-11-14/h3-4,8-9,12-14,22H,5-7,10-11H2,1-2H3. The Labute approximate surface area is 168 Å². The highest BCUT2D eigenvalue weighted by Crippen LogP contribution is 2.31. The van der Waals surface area contributed by atoms with E-state index in [-0.39, 0.29) is 11.8 Å². The third-order valence-electron chi connectivity index (χ3n) is 5.54. The van der Waals surface area contributed by atoms with Crippen LogP contribution in [-0.4, -0.2) is 50.0 Å². The smallest absolute Gasteiger partial charge is 0.178 e. The lowest BCUT2D eigenvalue weighted by Crippen LogP contribution is -2.42. The predicted octanol–water partition coefficient (Wildman–Crippen LogP) is 2.44. The average molecular weight is 392 g/mol. The van der Waals surface area contributed by atoms with Crippen LogP contribution < -0.4 is 10.1 Å². The molecular weight excluding hydrogens is 368 g/mol. The maximum Gasteiger partial charge on any atom is 0.178 e. The van der Waals surface area contributed by atoms with Gasteiger partial charge in [0.1, 0.15) is 23.5 Å². The third kappa shape index (κ3) is 3.23. The van der Waals surface area contributed by atoms with Gasteiger partial charge in [-0.05, 0) is 57.1 Å². The van der Waals surface area contributed by atoms with E-state index < -0.39 is 0 Å². The van der Waals surface area contributed by atoms with E-state index >= 15 is 0 Å². The van der Waals surface area contributed by atoms with Crippen molar-refractivity contribution in [1.82, 2.24) is 29.9 Å². The molecule has 0 atom stereocenters. The lowest BCUT2D eigenvalue weighted by Gasteiger charge is -2.26. The van der Waals surface area contributed by atoms with Crippen molar-refractivity contribution in [1.29, 1.82) is 0 Å². The number of aromatic nitrogens is 5. The molecule has 0 radical (unpaired) electrons. The van der Waals surface area contributed by atoms with Gasteiger partial charge in [-0.25, -0.2) is 14.3 Å². The van der Waals surface area contributed by atoms with Crippen LogP contribution in [0.3, 0.4) is 0 Å². The number of hydrogen-bond donors (Lipinski definition) is 1. The second kappa shape index (κ2) is 7.11. The molecule has 0 unspecified atom stereocenters. The normalized spacial score (nSPS) is 16.0. The Kier molecular flexibility index (Phi) is 4.43. The van der Waals surface area contributed by atoms with E-state index in [1.165, 1.54) is 0 Å². The van der Waals surface area contributed by atoms with Gasteiger partial charge in [-0.2, -0.15) is 10.2 Å². The molecule has 0 bridgehead atoms. The number of fused-ring (bicyclic) bond motifs is 3. The number of nitrogens with one attached hydrogen (secondary N) is 1. The Morgan fingerprint density at radius 1 is 1.31 bits per heavy atom. The van der Waals surface area contributed by atoms with Crippen molar-refractivity contribution in [3.8, 4) is 23.0 Å². The van der Waals surface area contributed by atoms with Crippen LogP contribution in [0.5, 0.6) is 5.75 Å². The first-order valence-electron chi connectivity index (χ1n) is 10.1. The van der Waals surface area contributed by atoms with Gasteiger partial charge in [-0.15, -0.1) is 0 Å². The number of ether oxygens (including phenoxy) is 1. The van der Waals surface area contributed by atoms with Crippen molar-refractivity contribution in [3.63, 3.8) is 0 Å². The van der Waals surface area contributed by atoms with Crippen LogP contribution >= 0.6 is 0 Å². The molecule has 0 aliphatic carbocycles. The summed E-state index contributed by atoms with van der Waals surface area (Å²) < 4.78 is 9.67. The molecule has 0 saturated carbocycles. The number of hydrogen-bond acceptors (Lipinski definition) is 6. The third-order valence-corrected chi connectivity index (χ3v) is 5.54. The maximum absolute atomic E-state index is 12.7. The Hall–Kier alpha value is -3.00. The molecule has 8 heteroatoms. The van der Waals surface area contributed by atoms with E-state index in [0.717, 1.165) is 48.2 Å². The van der Waals surface area contributed by atoms with E-state index in [1.807, 2.05) is 33.6 Å². The minimum absolute atomic E-state index is 0.164. The summed E-state index contributed by atoms with van der Waals surface area (Å²) in [4.78, 5) is 17.1. The van der Waals surface area contributed by atoms with Gasteiger partial charge in [0.25, 0.3) is 0 Å². The highest BCUT2D eigenvalue weighted by molar-refractivity contribution is 5.97. The van der Waals surface area contributed by atoms with Gasteiger partial charge in [-0.3, -0.25) is 4.79 Å². The number of Topliss-reactive ketones (excluding diaryl/α,β-unsaturated/α-hetero) is 1. The van der Waals surface area contributed by atoms with E-state index in [0.29, 0.717) is 24.5 Å². The molecule has 1 fully saturated rings. The monoisotopic (exact) mass is 392 g/mol. The zero-order valence-corrected chi connectivity index (χ0v) is 16.6. The molecule has 1 N–H and O–H groups in total. The first kappa shape index (κ1) is 18.1. The summed E-state index contributed by atoms with van der Waals surface area (Å²) >= 11 is 0. The molecule has 1 saturated heterocycles. The van der Waals surface area contributed by atoms with Crippen LogP contribution in [0, 0.1) is 5.92 Å². The summed E-state index contributed by atoms with van der Waals surface area (Å²) in [5.41, 5.74) is 3.31. The van der Waals surface area contributed by atoms with Crippen LogP contribution in [0.15, 0.2) is 30.6 Å². The van der Waals surface area contributed by atoms with Crippen LogP contribution in [0.2, 0.25) is 0 Å². The Balaban J connectivity index is 1.54. The van der Waals surface area contributed by atoms with Gasteiger partial charge in [0, 0.05) is 30.1 Å². The Bertz CT molecular complexity index is 1060. The summed E-state index contributed by atoms with van der Waals surface area (Å²) in [6.07, 6.45) is 2.86.